The van der Waals surface area contributed by atoms with Gasteiger partial charge in [-0.05, 0) is 56.4 Å². The minimum Gasteiger partial charge on any atom is -0.427 e. The molecule has 0 saturated carbocycles. The van der Waals surface area contributed by atoms with E-state index in [-0.39, 0.29) is 19.1 Å². The number of aliphatic hydroxyl groups excluding tert-OH is 1. The van der Waals surface area contributed by atoms with Gasteiger partial charge < -0.3 is 30.4 Å². The topological polar surface area (TPSA) is 140 Å². The van der Waals surface area contributed by atoms with Crippen LogP contribution < -0.4 is 11.1 Å². The summed E-state index contributed by atoms with van der Waals surface area (Å²) in [6.45, 7) is 1.73. The fraction of sp³-hybridized carbons (Fsp3) is 0.500. The summed E-state index contributed by atoms with van der Waals surface area (Å²) >= 11 is 0. The number of nitrogens with one attached hydrogen (secondary N) is 1. The van der Waals surface area contributed by atoms with Crippen LogP contribution in [0.4, 0.5) is 18.0 Å². The van der Waals surface area contributed by atoms with Gasteiger partial charge in [0.15, 0.2) is 0 Å². The number of carbonyl (C=O) groups is 3. The SMILES string of the molecule is Cc1cc([C@@H](C)OC[C@@]2(c3ccccc3)CC[C@]3(CCC(=O)N3)CN2C(=O)OCOC(=O)C(N)CO)cc(C(F)(F)F)c1. The van der Waals surface area contributed by atoms with E-state index in [1.165, 1.54) is 4.90 Å². The number of piperidine rings is 1. The number of hydrogen-bond donors (Lipinski definition) is 3. The molecule has 4 rings (SSSR count). The molecular weight excluding hydrogens is 571 g/mol. The van der Waals surface area contributed by atoms with Crippen molar-refractivity contribution in [3.8, 4) is 0 Å². The first-order valence-electron chi connectivity index (χ1n) is 13.9. The molecule has 43 heavy (non-hydrogen) atoms. The molecule has 0 aliphatic carbocycles. The summed E-state index contributed by atoms with van der Waals surface area (Å²) in [6, 6.07) is 11.5. The number of carbonyl (C=O) groups excluding carboxylic acids is 3. The quantitative estimate of drug-likeness (QED) is 0.290. The minimum absolute atomic E-state index is 0.0526. The molecule has 2 saturated heterocycles. The lowest BCUT2D eigenvalue weighted by molar-refractivity contribution is -0.156. The Kier molecular flexibility index (Phi) is 9.67. The van der Waals surface area contributed by atoms with Gasteiger partial charge in [-0.2, -0.15) is 13.2 Å². The van der Waals surface area contributed by atoms with Crippen LogP contribution in [0, 0.1) is 6.92 Å². The molecule has 2 aliphatic rings. The van der Waals surface area contributed by atoms with Crippen molar-refractivity contribution in [2.24, 2.45) is 5.73 Å². The third-order valence-electron chi connectivity index (χ3n) is 8.11. The van der Waals surface area contributed by atoms with Crippen LogP contribution in [0.5, 0.6) is 0 Å². The first kappa shape index (κ1) is 32.2. The number of likely N-dealkylation sites (tertiary alicyclic amines) is 1. The zero-order chi connectivity index (χ0) is 31.4. The third-order valence-corrected chi connectivity index (χ3v) is 8.11. The molecule has 2 aromatic carbocycles. The van der Waals surface area contributed by atoms with Crippen molar-refractivity contribution >= 4 is 18.0 Å². The predicted molar refractivity (Wildman–Crippen MR) is 147 cm³/mol. The summed E-state index contributed by atoms with van der Waals surface area (Å²) in [6.07, 6.45) is -4.56. The Morgan fingerprint density at radius 1 is 1.12 bits per heavy atom. The van der Waals surface area contributed by atoms with Gasteiger partial charge in [0.05, 0.1) is 36.0 Å². The van der Waals surface area contributed by atoms with Crippen molar-refractivity contribution in [2.75, 3.05) is 26.6 Å². The molecule has 2 aromatic rings. The zero-order valence-corrected chi connectivity index (χ0v) is 24.0. The highest BCUT2D eigenvalue weighted by molar-refractivity contribution is 5.80. The van der Waals surface area contributed by atoms with E-state index < -0.39 is 60.4 Å². The summed E-state index contributed by atoms with van der Waals surface area (Å²) in [5.41, 5.74) is 4.25. The molecule has 2 amide bonds. The molecule has 0 aromatic heterocycles. The van der Waals surface area contributed by atoms with Gasteiger partial charge in [-0.25, -0.2) is 4.79 Å². The Bertz CT molecular complexity index is 1330. The Morgan fingerprint density at radius 2 is 1.84 bits per heavy atom. The van der Waals surface area contributed by atoms with Crippen LogP contribution in [0.2, 0.25) is 0 Å². The van der Waals surface area contributed by atoms with E-state index in [9.17, 15) is 27.6 Å². The average Bonchev–Trinajstić information content (AvgIpc) is 3.34. The fourth-order valence-electron chi connectivity index (χ4n) is 5.68. The summed E-state index contributed by atoms with van der Waals surface area (Å²) in [5, 5.41) is 12.1. The molecule has 2 aliphatic heterocycles. The Labute approximate surface area is 247 Å². The lowest BCUT2D eigenvalue weighted by atomic mass is 9.74. The molecule has 4 atom stereocenters. The summed E-state index contributed by atoms with van der Waals surface area (Å²) in [4.78, 5) is 39.2. The number of ether oxygens (including phenoxy) is 3. The number of esters is 1. The number of nitrogens with zero attached hydrogens (tertiary/aromatic N) is 1. The van der Waals surface area contributed by atoms with Crippen LogP contribution in [0.3, 0.4) is 0 Å². The zero-order valence-electron chi connectivity index (χ0n) is 24.0. The van der Waals surface area contributed by atoms with Gasteiger partial charge in [0.2, 0.25) is 12.7 Å². The third kappa shape index (κ3) is 7.28. The predicted octanol–water partition coefficient (Wildman–Crippen LogP) is 3.69. The Morgan fingerprint density at radius 3 is 2.47 bits per heavy atom. The van der Waals surface area contributed by atoms with E-state index in [4.69, 9.17) is 25.1 Å². The number of benzene rings is 2. The van der Waals surface area contributed by atoms with E-state index in [1.807, 2.05) is 12.1 Å². The van der Waals surface area contributed by atoms with E-state index in [2.05, 4.69) is 5.32 Å². The molecule has 2 fully saturated rings. The second kappa shape index (κ2) is 12.9. The molecule has 13 heteroatoms. The van der Waals surface area contributed by atoms with Gasteiger partial charge in [-0.1, -0.05) is 42.0 Å². The van der Waals surface area contributed by atoms with Crippen molar-refractivity contribution in [1.29, 1.82) is 0 Å². The summed E-state index contributed by atoms with van der Waals surface area (Å²) in [5.74, 6) is -1.10. The molecular formula is C30H36F3N3O7. The van der Waals surface area contributed by atoms with E-state index in [0.717, 1.165) is 12.1 Å². The van der Waals surface area contributed by atoms with Crippen molar-refractivity contribution in [1.82, 2.24) is 10.2 Å². The molecule has 1 spiro atoms. The number of amides is 2. The molecule has 1 unspecified atom stereocenters. The van der Waals surface area contributed by atoms with Crippen LogP contribution in [0.15, 0.2) is 48.5 Å². The lowest BCUT2D eigenvalue weighted by Gasteiger charge is -2.52. The maximum atomic E-state index is 13.7. The highest BCUT2D eigenvalue weighted by Crippen LogP contribution is 2.45. The summed E-state index contributed by atoms with van der Waals surface area (Å²) in [7, 11) is 0. The van der Waals surface area contributed by atoms with E-state index >= 15 is 0 Å². The van der Waals surface area contributed by atoms with Crippen LogP contribution in [0.1, 0.15) is 61.0 Å². The van der Waals surface area contributed by atoms with Gasteiger partial charge in [0.25, 0.3) is 0 Å². The Hall–Kier alpha value is -3.68. The van der Waals surface area contributed by atoms with Crippen LogP contribution in [-0.2, 0) is 35.5 Å². The normalized spacial score (nSPS) is 23.5. The monoisotopic (exact) mass is 607 g/mol. The number of nitrogens with two attached hydrogens (primary N) is 1. The molecule has 0 radical (unpaired) electrons. The second-order valence-electron chi connectivity index (χ2n) is 11.2. The molecule has 234 valence electrons. The highest BCUT2D eigenvalue weighted by Gasteiger charge is 2.54. The number of halogens is 3. The van der Waals surface area contributed by atoms with Crippen molar-refractivity contribution < 1.29 is 46.9 Å². The maximum Gasteiger partial charge on any atom is 0.416 e. The van der Waals surface area contributed by atoms with Crippen molar-refractivity contribution in [3.05, 3.63) is 70.8 Å². The van der Waals surface area contributed by atoms with Gasteiger partial charge in [-0.15, -0.1) is 0 Å². The number of alkyl halides is 3. The maximum absolute atomic E-state index is 13.7. The first-order chi connectivity index (χ1) is 20.3. The van der Waals surface area contributed by atoms with Gasteiger partial charge in [0, 0.05) is 13.0 Å². The fourth-order valence-corrected chi connectivity index (χ4v) is 5.68. The number of aliphatic hydroxyl groups is 1. The second-order valence-corrected chi connectivity index (χ2v) is 11.2. The molecule has 4 N–H and O–H groups in total. The van der Waals surface area contributed by atoms with Gasteiger partial charge in [-0.3, -0.25) is 14.5 Å². The smallest absolute Gasteiger partial charge is 0.416 e. The van der Waals surface area contributed by atoms with Crippen molar-refractivity contribution in [3.63, 3.8) is 0 Å². The van der Waals surface area contributed by atoms with Gasteiger partial charge >= 0.3 is 18.2 Å². The minimum atomic E-state index is -4.53. The van der Waals surface area contributed by atoms with Crippen LogP contribution >= 0.6 is 0 Å². The van der Waals surface area contributed by atoms with E-state index in [1.54, 1.807) is 38.1 Å². The molecule has 2 heterocycles. The van der Waals surface area contributed by atoms with Gasteiger partial charge in [0.1, 0.15) is 6.04 Å². The Balaban J connectivity index is 1.65. The molecule has 10 nitrogen and oxygen atoms in total. The number of hydrogen-bond acceptors (Lipinski definition) is 8. The lowest BCUT2D eigenvalue weighted by Crippen LogP contribution is -2.65. The largest absolute Gasteiger partial charge is 0.427 e. The van der Waals surface area contributed by atoms with E-state index in [0.29, 0.717) is 42.4 Å². The molecule has 0 bridgehead atoms. The average molecular weight is 608 g/mol. The number of rotatable bonds is 9. The summed E-state index contributed by atoms with van der Waals surface area (Å²) < 4.78 is 57.0. The van der Waals surface area contributed by atoms with Crippen LogP contribution in [0.25, 0.3) is 0 Å². The standard InChI is InChI=1S/C30H36F3N3O7/c1-19-12-21(14-23(13-19)30(31,32)33)20(2)41-17-29(22-6-4-3-5-7-22)11-10-28(9-8-25(38)35-28)16-36(29)27(40)43-18-42-26(39)24(34)15-37/h3-7,12-14,20,24,37H,8-11,15-18,34H2,1-2H3,(H,35,38)/t20-,24?,28-,29-/m1/s1. The first-order valence-corrected chi connectivity index (χ1v) is 13.9. The highest BCUT2D eigenvalue weighted by atomic mass is 19.4. The number of aryl methyl sites for hydroxylation is 1. The van der Waals surface area contributed by atoms with Crippen molar-refractivity contribution in [2.45, 2.75) is 68.9 Å². The van der Waals surface area contributed by atoms with Crippen LogP contribution in [-0.4, -0.2) is 66.1 Å².